The van der Waals surface area contributed by atoms with Gasteiger partial charge in [0.05, 0.1) is 12.5 Å². The van der Waals surface area contributed by atoms with Gasteiger partial charge in [-0.1, -0.05) is 38.5 Å². The molecule has 0 fully saturated rings. The first-order valence-electron chi connectivity index (χ1n) is 12.8. The number of hydrogen-bond acceptors (Lipinski definition) is 7. The van der Waals surface area contributed by atoms with E-state index in [0.717, 1.165) is 10.9 Å². The summed E-state index contributed by atoms with van der Waals surface area (Å²) >= 11 is 0. The molecule has 4 amide bonds. The summed E-state index contributed by atoms with van der Waals surface area (Å²) in [6.07, 6.45) is 0.911. The number of H-pyrrole nitrogens is 1. The van der Waals surface area contributed by atoms with Gasteiger partial charge >= 0.3 is 11.9 Å². The summed E-state index contributed by atoms with van der Waals surface area (Å²) in [7, 11) is 0. The molecule has 14 nitrogen and oxygen atoms in total. The number of aromatic amines is 1. The van der Waals surface area contributed by atoms with Crippen LogP contribution < -0.4 is 27.4 Å². The van der Waals surface area contributed by atoms with Crippen LogP contribution in [0, 0.1) is 5.92 Å². The normalized spacial score (nSPS) is 14.8. The van der Waals surface area contributed by atoms with Crippen molar-refractivity contribution in [3.8, 4) is 0 Å². The van der Waals surface area contributed by atoms with Crippen LogP contribution >= 0.6 is 0 Å². The van der Waals surface area contributed by atoms with Gasteiger partial charge in [-0.05, 0) is 24.0 Å². The van der Waals surface area contributed by atoms with Crippen molar-refractivity contribution < 1.29 is 39.0 Å². The highest BCUT2D eigenvalue weighted by atomic mass is 16.4. The summed E-state index contributed by atoms with van der Waals surface area (Å²) in [5, 5.41) is 26.7. The minimum absolute atomic E-state index is 0.0212. The monoisotopic (exact) mass is 560 g/mol. The first-order valence-corrected chi connectivity index (χ1v) is 12.8. The van der Waals surface area contributed by atoms with Gasteiger partial charge in [-0.15, -0.1) is 0 Å². The molecule has 0 aliphatic carbocycles. The number of carbonyl (C=O) groups is 6. The average molecular weight is 561 g/mol. The zero-order chi connectivity index (χ0) is 30.0. The lowest BCUT2D eigenvalue weighted by molar-refractivity contribution is -0.143. The molecule has 14 heteroatoms. The highest BCUT2D eigenvalue weighted by molar-refractivity contribution is 5.95. The number of nitrogens with one attached hydrogen (secondary N) is 4. The van der Waals surface area contributed by atoms with Gasteiger partial charge in [0.15, 0.2) is 0 Å². The smallest absolute Gasteiger partial charge is 0.326 e. The number of carbonyl (C=O) groups excluding carboxylic acids is 4. The van der Waals surface area contributed by atoms with Crippen molar-refractivity contribution in [1.29, 1.82) is 0 Å². The topological polar surface area (TPSA) is 247 Å². The van der Waals surface area contributed by atoms with Crippen LogP contribution in [0.15, 0.2) is 30.5 Å². The molecule has 0 aliphatic heterocycles. The van der Waals surface area contributed by atoms with Crippen LogP contribution in [-0.2, 0) is 35.2 Å². The standard InChI is InChI=1S/C26H36N6O8/c1-3-13(2)22(25(38)30-18(26(39)40)8-9-20(28)33)32-24(37)19(31-23(36)16(27)11-21(34)35)10-14-12-29-17-7-5-4-6-15(14)17/h4-7,12-13,16,18-19,22,29H,3,8-11,27H2,1-2H3,(H2,28,33)(H,30,38)(H,31,36)(H,32,37)(H,34,35)(H,39,40). The predicted molar refractivity (Wildman–Crippen MR) is 144 cm³/mol. The summed E-state index contributed by atoms with van der Waals surface area (Å²) in [4.78, 5) is 76.1. The summed E-state index contributed by atoms with van der Waals surface area (Å²) in [5.74, 6) is -6.27. The second-order valence-corrected chi connectivity index (χ2v) is 9.61. The SMILES string of the molecule is CCC(C)C(NC(=O)C(Cc1c[nH]c2ccccc12)NC(=O)C(N)CC(=O)O)C(=O)NC(CCC(N)=O)C(=O)O. The Morgan fingerprint density at radius 2 is 1.60 bits per heavy atom. The van der Waals surface area contributed by atoms with Crippen LogP contribution in [0.25, 0.3) is 10.9 Å². The van der Waals surface area contributed by atoms with Crippen molar-refractivity contribution in [3.63, 3.8) is 0 Å². The summed E-state index contributed by atoms with van der Waals surface area (Å²) in [6, 6.07) is 1.99. The van der Waals surface area contributed by atoms with Gasteiger partial charge in [0, 0.05) is 29.9 Å². The number of hydrogen-bond donors (Lipinski definition) is 8. The van der Waals surface area contributed by atoms with E-state index >= 15 is 0 Å². The summed E-state index contributed by atoms with van der Waals surface area (Å²) in [5.41, 5.74) is 12.3. The Hall–Kier alpha value is -4.46. The molecule has 1 heterocycles. The molecule has 0 saturated heterocycles. The molecule has 1 aromatic carbocycles. The fraction of sp³-hybridized carbons (Fsp3) is 0.462. The molecule has 1 aromatic heterocycles. The summed E-state index contributed by atoms with van der Waals surface area (Å²) in [6.45, 7) is 3.45. The molecule has 10 N–H and O–H groups in total. The number of aromatic nitrogens is 1. The van der Waals surface area contributed by atoms with Crippen molar-refractivity contribution in [2.75, 3.05) is 0 Å². The Morgan fingerprint density at radius 3 is 2.20 bits per heavy atom. The molecule has 0 saturated carbocycles. The fourth-order valence-corrected chi connectivity index (χ4v) is 4.05. The van der Waals surface area contributed by atoms with Crippen LogP contribution in [0.3, 0.4) is 0 Å². The van der Waals surface area contributed by atoms with Gasteiger partial charge in [0.25, 0.3) is 0 Å². The van der Waals surface area contributed by atoms with Crippen LogP contribution in [-0.4, -0.2) is 74.9 Å². The zero-order valence-corrected chi connectivity index (χ0v) is 22.3. The summed E-state index contributed by atoms with van der Waals surface area (Å²) < 4.78 is 0. The van der Waals surface area contributed by atoms with Gasteiger partial charge in [0.2, 0.25) is 23.6 Å². The van der Waals surface area contributed by atoms with Crippen molar-refractivity contribution in [2.45, 2.75) is 70.1 Å². The van der Waals surface area contributed by atoms with E-state index in [0.29, 0.717) is 12.0 Å². The van der Waals surface area contributed by atoms with Crippen molar-refractivity contribution in [3.05, 3.63) is 36.0 Å². The van der Waals surface area contributed by atoms with E-state index in [9.17, 15) is 33.9 Å². The molecule has 218 valence electrons. The first-order chi connectivity index (χ1) is 18.8. The molecule has 2 rings (SSSR count). The lowest BCUT2D eigenvalue weighted by Crippen LogP contribution is -2.59. The van der Waals surface area contributed by atoms with Gasteiger partial charge in [-0.3, -0.25) is 24.0 Å². The third-order valence-corrected chi connectivity index (χ3v) is 6.55. The van der Waals surface area contributed by atoms with Gasteiger partial charge in [-0.2, -0.15) is 0 Å². The molecule has 2 aromatic rings. The van der Waals surface area contributed by atoms with Crippen molar-refractivity contribution in [1.82, 2.24) is 20.9 Å². The van der Waals surface area contributed by atoms with Gasteiger partial charge in [0.1, 0.15) is 18.1 Å². The number of carboxylic acid groups (broad SMARTS) is 2. The van der Waals surface area contributed by atoms with Crippen LogP contribution in [0.2, 0.25) is 0 Å². The number of fused-ring (bicyclic) bond motifs is 1. The van der Waals surface area contributed by atoms with Crippen LogP contribution in [0.1, 0.15) is 45.1 Å². The number of amides is 4. The van der Waals surface area contributed by atoms with E-state index in [1.54, 1.807) is 26.1 Å². The maximum atomic E-state index is 13.5. The number of para-hydroxylation sites is 1. The molecule has 5 unspecified atom stereocenters. The quantitative estimate of drug-likeness (QED) is 0.130. The van der Waals surface area contributed by atoms with Crippen LogP contribution in [0.5, 0.6) is 0 Å². The second kappa shape index (κ2) is 14.6. The lowest BCUT2D eigenvalue weighted by atomic mass is 9.96. The van der Waals surface area contributed by atoms with E-state index in [4.69, 9.17) is 16.6 Å². The molecule has 0 bridgehead atoms. The Labute approximate surface area is 230 Å². The maximum absolute atomic E-state index is 13.5. The number of carboxylic acids is 2. The Bertz CT molecular complexity index is 1240. The van der Waals surface area contributed by atoms with Crippen molar-refractivity contribution in [2.24, 2.45) is 17.4 Å². The minimum Gasteiger partial charge on any atom is -0.481 e. The Kier molecular flexibility index (Phi) is 11.6. The molecule has 0 radical (unpaired) electrons. The van der Waals surface area contributed by atoms with E-state index < -0.39 is 72.1 Å². The Morgan fingerprint density at radius 1 is 0.950 bits per heavy atom. The number of primary amides is 1. The number of aliphatic carboxylic acids is 2. The third-order valence-electron chi connectivity index (χ3n) is 6.55. The van der Waals surface area contributed by atoms with E-state index in [1.165, 1.54) is 0 Å². The molecular formula is C26H36N6O8. The van der Waals surface area contributed by atoms with Crippen LogP contribution in [0.4, 0.5) is 0 Å². The number of rotatable bonds is 16. The van der Waals surface area contributed by atoms with E-state index in [1.807, 2.05) is 18.2 Å². The Balaban J connectivity index is 2.31. The first kappa shape index (κ1) is 31.8. The number of benzene rings is 1. The molecule has 0 spiro atoms. The predicted octanol–water partition coefficient (Wildman–Crippen LogP) is -0.637. The molecule has 40 heavy (non-hydrogen) atoms. The fourth-order valence-electron chi connectivity index (χ4n) is 4.05. The number of nitrogens with two attached hydrogens (primary N) is 2. The average Bonchev–Trinajstić information content (AvgIpc) is 3.30. The zero-order valence-electron chi connectivity index (χ0n) is 22.3. The van der Waals surface area contributed by atoms with E-state index in [-0.39, 0.29) is 19.3 Å². The van der Waals surface area contributed by atoms with Gasteiger partial charge in [-0.25, -0.2) is 4.79 Å². The third kappa shape index (κ3) is 9.08. The maximum Gasteiger partial charge on any atom is 0.326 e. The lowest BCUT2D eigenvalue weighted by Gasteiger charge is -2.28. The minimum atomic E-state index is -1.42. The highest BCUT2D eigenvalue weighted by Gasteiger charge is 2.33. The molecule has 0 aliphatic rings. The molecular weight excluding hydrogens is 524 g/mol. The van der Waals surface area contributed by atoms with E-state index in [2.05, 4.69) is 20.9 Å². The second-order valence-electron chi connectivity index (χ2n) is 9.61. The largest absolute Gasteiger partial charge is 0.481 e. The van der Waals surface area contributed by atoms with Crippen molar-refractivity contribution >= 4 is 46.5 Å². The molecule has 5 atom stereocenters. The van der Waals surface area contributed by atoms with Gasteiger partial charge < -0.3 is 42.6 Å². The highest BCUT2D eigenvalue weighted by Crippen LogP contribution is 2.20.